The number of benzene rings is 3. The number of hydrogen-bond acceptors (Lipinski definition) is 4. The molecule has 0 fully saturated rings. The fourth-order valence-corrected chi connectivity index (χ4v) is 2.69. The average Bonchev–Trinajstić information content (AvgIpc) is 2.70. The Hall–Kier alpha value is -3.32. The van der Waals surface area contributed by atoms with Gasteiger partial charge in [0.15, 0.2) is 0 Å². The van der Waals surface area contributed by atoms with Crippen molar-refractivity contribution >= 4 is 34.0 Å². The lowest BCUT2D eigenvalue weighted by atomic mass is 10.2. The monoisotopic (exact) mass is 440 g/mol. The summed E-state index contributed by atoms with van der Waals surface area (Å²) in [4.78, 5) is 24.0. The number of carbonyl (C=O) groups is 2. The number of hydrazone groups is 1. The van der Waals surface area contributed by atoms with Gasteiger partial charge in [-0.3, -0.25) is 4.79 Å². The van der Waals surface area contributed by atoms with E-state index in [1.807, 2.05) is 6.07 Å². The lowest BCUT2D eigenvalue weighted by Gasteiger charge is -2.06. The zero-order chi connectivity index (χ0) is 19.9. The minimum Gasteiger partial charge on any atom is -0.423 e. The minimum absolute atomic E-state index is 0.299. The zero-order valence-electron chi connectivity index (χ0n) is 14.4. The molecule has 0 radical (unpaired) electrons. The number of esters is 1. The van der Waals surface area contributed by atoms with Crippen molar-refractivity contribution < 1.29 is 18.7 Å². The number of nitrogens with one attached hydrogen (secondary N) is 1. The van der Waals surface area contributed by atoms with E-state index in [0.29, 0.717) is 26.9 Å². The van der Waals surface area contributed by atoms with Crippen LogP contribution in [0.2, 0.25) is 0 Å². The SMILES string of the molecule is O=C(N/N=C\c1ccc(OC(=O)c2ccccc2Br)cc1)c1ccc(F)cc1. The normalized spacial score (nSPS) is 10.6. The van der Waals surface area contributed by atoms with Gasteiger partial charge in [-0.25, -0.2) is 14.6 Å². The van der Waals surface area contributed by atoms with Crippen molar-refractivity contribution in [2.24, 2.45) is 5.10 Å². The van der Waals surface area contributed by atoms with Gasteiger partial charge in [-0.05, 0) is 82.2 Å². The van der Waals surface area contributed by atoms with Crippen LogP contribution in [0.3, 0.4) is 0 Å². The van der Waals surface area contributed by atoms with Crippen LogP contribution in [0, 0.1) is 5.82 Å². The predicted molar refractivity (Wildman–Crippen MR) is 107 cm³/mol. The highest BCUT2D eigenvalue weighted by Crippen LogP contribution is 2.19. The van der Waals surface area contributed by atoms with Gasteiger partial charge >= 0.3 is 5.97 Å². The third-order valence-electron chi connectivity index (χ3n) is 3.67. The molecular weight excluding hydrogens is 427 g/mol. The van der Waals surface area contributed by atoms with Gasteiger partial charge in [0.1, 0.15) is 11.6 Å². The van der Waals surface area contributed by atoms with E-state index in [4.69, 9.17) is 4.74 Å². The van der Waals surface area contributed by atoms with Gasteiger partial charge in [-0.15, -0.1) is 0 Å². The Labute approximate surface area is 169 Å². The molecule has 0 saturated carbocycles. The highest BCUT2D eigenvalue weighted by atomic mass is 79.9. The molecule has 1 amide bonds. The van der Waals surface area contributed by atoms with Gasteiger partial charge in [-0.2, -0.15) is 5.10 Å². The predicted octanol–water partition coefficient (Wildman–Crippen LogP) is 4.57. The van der Waals surface area contributed by atoms with Crippen molar-refractivity contribution in [2.45, 2.75) is 0 Å². The van der Waals surface area contributed by atoms with E-state index in [-0.39, 0.29) is 0 Å². The summed E-state index contributed by atoms with van der Waals surface area (Å²) >= 11 is 3.31. The van der Waals surface area contributed by atoms with Crippen LogP contribution in [0.1, 0.15) is 26.3 Å². The Morgan fingerprint density at radius 1 is 0.964 bits per heavy atom. The van der Waals surface area contributed by atoms with Crippen LogP contribution in [0.15, 0.2) is 82.4 Å². The molecule has 3 aromatic carbocycles. The van der Waals surface area contributed by atoms with Crippen molar-refractivity contribution in [1.82, 2.24) is 5.43 Å². The average molecular weight is 441 g/mol. The summed E-state index contributed by atoms with van der Waals surface area (Å²) in [5.41, 5.74) is 3.78. The van der Waals surface area contributed by atoms with Crippen LogP contribution in [0.25, 0.3) is 0 Å². The van der Waals surface area contributed by atoms with Crippen LogP contribution in [-0.2, 0) is 0 Å². The summed E-state index contributed by atoms with van der Waals surface area (Å²) in [6, 6.07) is 18.8. The molecule has 0 aliphatic heterocycles. The molecule has 1 N–H and O–H groups in total. The van der Waals surface area contributed by atoms with Crippen LogP contribution >= 0.6 is 15.9 Å². The number of rotatable bonds is 5. The van der Waals surface area contributed by atoms with Crippen molar-refractivity contribution in [3.05, 3.63) is 99.8 Å². The van der Waals surface area contributed by atoms with Crippen molar-refractivity contribution in [2.75, 3.05) is 0 Å². The van der Waals surface area contributed by atoms with E-state index in [1.54, 1.807) is 42.5 Å². The van der Waals surface area contributed by atoms with Gasteiger partial charge in [0, 0.05) is 10.0 Å². The maximum atomic E-state index is 12.9. The first-order valence-corrected chi connectivity index (χ1v) is 8.98. The first-order valence-electron chi connectivity index (χ1n) is 8.19. The highest BCUT2D eigenvalue weighted by Gasteiger charge is 2.11. The molecule has 3 rings (SSSR count). The van der Waals surface area contributed by atoms with E-state index < -0.39 is 17.7 Å². The Morgan fingerprint density at radius 2 is 1.64 bits per heavy atom. The second kappa shape index (κ2) is 9.05. The van der Waals surface area contributed by atoms with Gasteiger partial charge in [0.05, 0.1) is 11.8 Å². The molecule has 0 aromatic heterocycles. The number of amides is 1. The molecule has 0 aliphatic carbocycles. The van der Waals surface area contributed by atoms with Gasteiger partial charge in [0.25, 0.3) is 5.91 Å². The number of halogens is 2. The number of ether oxygens (including phenoxy) is 1. The molecule has 140 valence electrons. The van der Waals surface area contributed by atoms with Gasteiger partial charge < -0.3 is 4.74 Å². The largest absolute Gasteiger partial charge is 0.423 e. The van der Waals surface area contributed by atoms with E-state index in [1.165, 1.54) is 30.5 Å². The minimum atomic E-state index is -0.472. The van der Waals surface area contributed by atoms with Gasteiger partial charge in [-0.1, -0.05) is 12.1 Å². The van der Waals surface area contributed by atoms with Gasteiger partial charge in [0.2, 0.25) is 0 Å². The molecule has 5 nitrogen and oxygen atoms in total. The Bertz CT molecular complexity index is 1020. The van der Waals surface area contributed by atoms with E-state index in [0.717, 1.165) is 0 Å². The number of nitrogens with zero attached hydrogens (tertiary/aromatic N) is 1. The Kier molecular flexibility index (Phi) is 6.29. The summed E-state index contributed by atoms with van der Waals surface area (Å²) in [6.07, 6.45) is 1.45. The molecule has 0 atom stereocenters. The molecule has 0 unspecified atom stereocenters. The van der Waals surface area contributed by atoms with E-state index >= 15 is 0 Å². The molecule has 3 aromatic rings. The highest BCUT2D eigenvalue weighted by molar-refractivity contribution is 9.10. The van der Waals surface area contributed by atoms with E-state index in [9.17, 15) is 14.0 Å². The van der Waals surface area contributed by atoms with Crippen molar-refractivity contribution in [3.63, 3.8) is 0 Å². The molecule has 0 aliphatic rings. The summed E-state index contributed by atoms with van der Waals surface area (Å²) in [6.45, 7) is 0. The fourth-order valence-electron chi connectivity index (χ4n) is 2.24. The van der Waals surface area contributed by atoms with Crippen LogP contribution < -0.4 is 10.2 Å². The summed E-state index contributed by atoms with van der Waals surface area (Å²) in [7, 11) is 0. The standard InChI is InChI=1S/C21H14BrFN2O3/c22-19-4-2-1-3-18(19)21(27)28-17-11-5-14(6-12-17)13-24-25-20(26)15-7-9-16(23)10-8-15/h1-13H,(H,25,26)/b24-13-. The lowest BCUT2D eigenvalue weighted by Crippen LogP contribution is -2.17. The zero-order valence-corrected chi connectivity index (χ0v) is 16.0. The number of hydrogen-bond donors (Lipinski definition) is 1. The van der Waals surface area contributed by atoms with Crippen LogP contribution in [0.5, 0.6) is 5.75 Å². The van der Waals surface area contributed by atoms with Crippen molar-refractivity contribution in [3.8, 4) is 5.75 Å². The molecular formula is C21H14BrFN2O3. The first kappa shape index (κ1) is 19.4. The lowest BCUT2D eigenvalue weighted by molar-refractivity contribution is 0.0733. The molecule has 28 heavy (non-hydrogen) atoms. The maximum absolute atomic E-state index is 12.9. The topological polar surface area (TPSA) is 67.8 Å². The van der Waals surface area contributed by atoms with Crippen LogP contribution in [-0.4, -0.2) is 18.1 Å². The number of carbonyl (C=O) groups excluding carboxylic acids is 2. The molecule has 0 saturated heterocycles. The third kappa shape index (κ3) is 5.11. The maximum Gasteiger partial charge on any atom is 0.344 e. The first-order chi connectivity index (χ1) is 13.5. The summed E-state index contributed by atoms with van der Waals surface area (Å²) in [5.74, 6) is -0.954. The molecule has 0 bridgehead atoms. The smallest absolute Gasteiger partial charge is 0.344 e. The Balaban J connectivity index is 1.57. The third-order valence-corrected chi connectivity index (χ3v) is 4.36. The fraction of sp³-hybridized carbons (Fsp3) is 0. The van der Waals surface area contributed by atoms with E-state index in [2.05, 4.69) is 26.5 Å². The molecule has 0 spiro atoms. The quantitative estimate of drug-likeness (QED) is 0.273. The van der Waals surface area contributed by atoms with Crippen LogP contribution in [0.4, 0.5) is 4.39 Å². The molecule has 7 heteroatoms. The molecule has 0 heterocycles. The second-order valence-electron chi connectivity index (χ2n) is 5.64. The second-order valence-corrected chi connectivity index (χ2v) is 6.50. The Morgan fingerprint density at radius 3 is 2.32 bits per heavy atom. The van der Waals surface area contributed by atoms with Crippen molar-refractivity contribution in [1.29, 1.82) is 0 Å². The summed E-state index contributed by atoms with van der Waals surface area (Å²) in [5, 5.41) is 3.86. The summed E-state index contributed by atoms with van der Waals surface area (Å²) < 4.78 is 18.8.